The Kier molecular flexibility index (Phi) is 8.37. The van der Waals surface area contributed by atoms with Gasteiger partial charge < -0.3 is 15.4 Å². The van der Waals surface area contributed by atoms with E-state index in [4.69, 9.17) is 10.5 Å². The largest absolute Gasteiger partial charge is 0.353 e. The lowest BCUT2D eigenvalue weighted by Crippen LogP contribution is -2.37. The van der Waals surface area contributed by atoms with E-state index in [1.165, 1.54) is 10.5 Å². The second-order valence-electron chi connectivity index (χ2n) is 4.08. The Morgan fingerprint density at radius 1 is 1.33 bits per heavy atom. The first-order valence-corrected chi connectivity index (χ1v) is 5.72. The zero-order chi connectivity index (χ0) is 12.7. The van der Waals surface area contributed by atoms with Crippen LogP contribution in [-0.2, 0) is 16.0 Å². The monoisotopic (exact) mass is 272 g/mol. The molecule has 0 saturated carbocycles. The third-order valence-electron chi connectivity index (χ3n) is 2.55. The van der Waals surface area contributed by atoms with Crippen LogP contribution in [0, 0.1) is 0 Å². The van der Waals surface area contributed by atoms with Crippen molar-refractivity contribution in [2.24, 2.45) is 5.73 Å². The Bertz CT molecular complexity index is 344. The van der Waals surface area contributed by atoms with Gasteiger partial charge in [-0.3, -0.25) is 4.79 Å². The highest BCUT2D eigenvalue weighted by molar-refractivity contribution is 5.85. The molecule has 2 N–H and O–H groups in total. The van der Waals surface area contributed by atoms with Crippen molar-refractivity contribution in [2.75, 3.05) is 20.8 Å². The van der Waals surface area contributed by atoms with Gasteiger partial charge in [0, 0.05) is 14.1 Å². The molecular formula is C13H21ClN2O2. The zero-order valence-corrected chi connectivity index (χ0v) is 11.7. The van der Waals surface area contributed by atoms with Crippen LogP contribution in [0.1, 0.15) is 12.0 Å². The van der Waals surface area contributed by atoms with Gasteiger partial charge in [0.05, 0.1) is 6.73 Å². The molecule has 1 aromatic rings. The van der Waals surface area contributed by atoms with Crippen LogP contribution in [0.5, 0.6) is 0 Å². The van der Waals surface area contributed by atoms with Crippen LogP contribution < -0.4 is 5.73 Å². The minimum absolute atomic E-state index is 0. The maximum absolute atomic E-state index is 11.8. The quantitative estimate of drug-likeness (QED) is 0.797. The number of aryl methyl sites for hydroxylation is 1. The van der Waals surface area contributed by atoms with Crippen LogP contribution in [0.4, 0.5) is 0 Å². The van der Waals surface area contributed by atoms with Crippen LogP contribution in [0.25, 0.3) is 0 Å². The van der Waals surface area contributed by atoms with Gasteiger partial charge in [0.2, 0.25) is 0 Å². The lowest BCUT2D eigenvalue weighted by molar-refractivity contribution is -0.141. The van der Waals surface area contributed by atoms with Crippen molar-refractivity contribution in [1.82, 2.24) is 4.90 Å². The average Bonchev–Trinajstić information content (AvgIpc) is 2.34. The lowest BCUT2D eigenvalue weighted by Gasteiger charge is -2.20. The maximum atomic E-state index is 11.8. The number of rotatable bonds is 6. The molecule has 0 radical (unpaired) electrons. The van der Waals surface area contributed by atoms with Crippen LogP contribution in [0.2, 0.25) is 0 Å². The number of ether oxygens (including phenoxy) is 1. The summed E-state index contributed by atoms with van der Waals surface area (Å²) in [5.74, 6) is -0.0358. The fourth-order valence-electron chi connectivity index (χ4n) is 1.62. The molecule has 0 aliphatic carbocycles. The molecule has 0 fully saturated rings. The Morgan fingerprint density at radius 3 is 2.44 bits per heavy atom. The number of nitrogens with two attached hydrogens (primary N) is 1. The summed E-state index contributed by atoms with van der Waals surface area (Å²) < 4.78 is 5.27. The molecule has 4 nitrogen and oxygen atoms in total. The fourth-order valence-corrected chi connectivity index (χ4v) is 1.62. The number of amides is 1. The van der Waals surface area contributed by atoms with Crippen molar-refractivity contribution >= 4 is 18.3 Å². The van der Waals surface area contributed by atoms with Crippen LogP contribution >= 0.6 is 12.4 Å². The molecule has 1 rings (SSSR count). The van der Waals surface area contributed by atoms with Crippen molar-refractivity contribution in [2.45, 2.75) is 18.9 Å². The van der Waals surface area contributed by atoms with E-state index in [1.54, 1.807) is 14.1 Å². The molecule has 0 bridgehead atoms. The molecule has 0 aliphatic heterocycles. The molecule has 0 aliphatic rings. The summed E-state index contributed by atoms with van der Waals surface area (Å²) in [6, 6.07) is 10.0. The number of likely N-dealkylation sites (N-methyl/N-ethyl adjacent to an activating group) is 1. The van der Waals surface area contributed by atoms with E-state index in [-0.39, 0.29) is 25.0 Å². The highest BCUT2D eigenvalue weighted by Gasteiger charge is 2.20. The molecule has 0 heterocycles. The number of carbonyl (C=O) groups is 1. The summed E-state index contributed by atoms with van der Waals surface area (Å²) in [6.07, 6.45) is 1.01. The Labute approximate surface area is 115 Å². The Morgan fingerprint density at radius 2 is 1.94 bits per heavy atom. The van der Waals surface area contributed by atoms with E-state index < -0.39 is 6.10 Å². The van der Waals surface area contributed by atoms with Gasteiger partial charge in [-0.1, -0.05) is 30.3 Å². The predicted molar refractivity (Wildman–Crippen MR) is 74.6 cm³/mol. The van der Waals surface area contributed by atoms with Crippen molar-refractivity contribution in [3.05, 3.63) is 35.9 Å². The van der Waals surface area contributed by atoms with E-state index in [0.717, 1.165) is 6.42 Å². The molecule has 0 aromatic heterocycles. The summed E-state index contributed by atoms with van der Waals surface area (Å²) in [5.41, 5.74) is 6.54. The summed E-state index contributed by atoms with van der Waals surface area (Å²) in [5, 5.41) is 0. The van der Waals surface area contributed by atoms with Gasteiger partial charge in [-0.2, -0.15) is 0 Å². The van der Waals surface area contributed by atoms with Crippen LogP contribution in [-0.4, -0.2) is 37.7 Å². The fraction of sp³-hybridized carbons (Fsp3) is 0.462. The SMILES string of the molecule is CN(C)C(=O)C(CCc1ccccc1)OCN.Cl. The van der Waals surface area contributed by atoms with Gasteiger partial charge in [0.15, 0.2) is 0 Å². The normalized spacial score (nSPS) is 11.5. The molecule has 1 atom stereocenters. The molecule has 5 heteroatoms. The summed E-state index contributed by atoms with van der Waals surface area (Å²) >= 11 is 0. The van der Waals surface area contributed by atoms with Gasteiger partial charge in [-0.25, -0.2) is 0 Å². The number of benzene rings is 1. The van der Waals surface area contributed by atoms with Crippen LogP contribution in [0.15, 0.2) is 30.3 Å². The lowest BCUT2D eigenvalue weighted by atomic mass is 10.1. The number of nitrogens with zero attached hydrogens (tertiary/aromatic N) is 1. The topological polar surface area (TPSA) is 55.6 Å². The van der Waals surface area contributed by atoms with Crippen molar-refractivity contribution in [3.8, 4) is 0 Å². The standard InChI is InChI=1S/C13H20N2O2.ClH/c1-15(2)13(16)12(17-10-14)9-8-11-6-4-3-5-7-11;/h3-7,12H,8-10,14H2,1-2H3;1H. The highest BCUT2D eigenvalue weighted by atomic mass is 35.5. The first kappa shape index (κ1) is 16.9. The van der Waals surface area contributed by atoms with Crippen molar-refractivity contribution in [3.63, 3.8) is 0 Å². The summed E-state index contributed by atoms with van der Waals surface area (Å²) in [6.45, 7) is 0.0685. The third kappa shape index (κ3) is 5.49. The molecule has 18 heavy (non-hydrogen) atoms. The van der Waals surface area contributed by atoms with Gasteiger partial charge >= 0.3 is 0 Å². The Hall–Kier alpha value is -1.10. The van der Waals surface area contributed by atoms with E-state index in [9.17, 15) is 4.79 Å². The van der Waals surface area contributed by atoms with E-state index in [1.807, 2.05) is 30.3 Å². The number of carbonyl (C=O) groups excluding carboxylic acids is 1. The molecule has 1 unspecified atom stereocenters. The molecule has 0 saturated heterocycles. The zero-order valence-electron chi connectivity index (χ0n) is 10.8. The first-order valence-electron chi connectivity index (χ1n) is 5.72. The average molecular weight is 273 g/mol. The third-order valence-corrected chi connectivity index (χ3v) is 2.55. The smallest absolute Gasteiger partial charge is 0.251 e. The van der Waals surface area contributed by atoms with Gasteiger partial charge in [-0.05, 0) is 18.4 Å². The van der Waals surface area contributed by atoms with E-state index in [2.05, 4.69) is 0 Å². The minimum atomic E-state index is -0.449. The second kappa shape index (κ2) is 8.91. The summed E-state index contributed by atoms with van der Waals surface area (Å²) in [7, 11) is 3.44. The first-order chi connectivity index (χ1) is 8.15. The Balaban J connectivity index is 0.00000289. The number of hydrogen-bond acceptors (Lipinski definition) is 3. The van der Waals surface area contributed by atoms with Crippen LogP contribution in [0.3, 0.4) is 0 Å². The van der Waals surface area contributed by atoms with E-state index >= 15 is 0 Å². The minimum Gasteiger partial charge on any atom is -0.353 e. The van der Waals surface area contributed by atoms with Gasteiger partial charge in [0.25, 0.3) is 5.91 Å². The maximum Gasteiger partial charge on any atom is 0.251 e. The molecule has 0 spiro atoms. The molecule has 1 amide bonds. The summed E-state index contributed by atoms with van der Waals surface area (Å²) in [4.78, 5) is 13.3. The van der Waals surface area contributed by atoms with Gasteiger partial charge in [-0.15, -0.1) is 12.4 Å². The van der Waals surface area contributed by atoms with E-state index in [0.29, 0.717) is 6.42 Å². The van der Waals surface area contributed by atoms with Crippen molar-refractivity contribution in [1.29, 1.82) is 0 Å². The number of hydrogen-bond donors (Lipinski definition) is 1. The molecular weight excluding hydrogens is 252 g/mol. The highest BCUT2D eigenvalue weighted by Crippen LogP contribution is 2.08. The second-order valence-corrected chi connectivity index (χ2v) is 4.08. The molecule has 102 valence electrons. The number of halogens is 1. The predicted octanol–water partition coefficient (Wildman–Crippen LogP) is 1.43. The van der Waals surface area contributed by atoms with Crippen molar-refractivity contribution < 1.29 is 9.53 Å². The molecule has 1 aromatic carbocycles. The van der Waals surface area contributed by atoms with Gasteiger partial charge in [0.1, 0.15) is 6.10 Å².